The van der Waals surface area contributed by atoms with Gasteiger partial charge in [0.25, 0.3) is 5.56 Å². The number of anilines is 2. The first kappa shape index (κ1) is 30.7. The van der Waals surface area contributed by atoms with Crippen LogP contribution in [0.4, 0.5) is 24.8 Å². The molecule has 0 amide bonds. The fraction of sp³-hybridized carbons (Fsp3) is 0.321. The summed E-state index contributed by atoms with van der Waals surface area (Å²) >= 11 is 0. The molecule has 0 saturated carbocycles. The molecule has 228 valence electrons. The summed E-state index contributed by atoms with van der Waals surface area (Å²) in [4.78, 5) is 22.0. The van der Waals surface area contributed by atoms with Crippen LogP contribution in [0.15, 0.2) is 47.4 Å². The van der Waals surface area contributed by atoms with Gasteiger partial charge in [-0.25, -0.2) is 18.2 Å². The summed E-state index contributed by atoms with van der Waals surface area (Å²) in [7, 11) is -2.88. The first-order valence-corrected chi connectivity index (χ1v) is 14.9. The molecule has 2 aromatic carbocycles. The molecule has 3 N–H and O–H groups in total. The summed E-state index contributed by atoms with van der Waals surface area (Å²) in [5, 5.41) is 6.82. The van der Waals surface area contributed by atoms with Gasteiger partial charge in [0.1, 0.15) is 17.6 Å². The molecule has 0 bridgehead atoms. The number of benzene rings is 2. The highest BCUT2D eigenvalue weighted by Gasteiger charge is 2.32. The van der Waals surface area contributed by atoms with Gasteiger partial charge in [0.15, 0.2) is 5.82 Å². The number of fused-ring (bicyclic) bond motifs is 2. The van der Waals surface area contributed by atoms with Gasteiger partial charge in [-0.05, 0) is 47.7 Å². The van der Waals surface area contributed by atoms with E-state index in [-0.39, 0.29) is 43.1 Å². The smallest absolute Gasteiger partial charge is 0.301 e. The highest BCUT2D eigenvalue weighted by Crippen LogP contribution is 2.31. The molecule has 0 spiro atoms. The van der Waals surface area contributed by atoms with Crippen molar-refractivity contribution in [3.05, 3.63) is 81.3 Å². The van der Waals surface area contributed by atoms with Crippen molar-refractivity contribution in [2.45, 2.75) is 32.1 Å². The molecule has 1 fully saturated rings. The second-order valence-corrected chi connectivity index (χ2v) is 12.1. The molecule has 4 aromatic rings. The number of pyridine rings is 1. The van der Waals surface area contributed by atoms with Crippen LogP contribution in [0.1, 0.15) is 23.1 Å². The molecule has 0 radical (unpaired) electrons. The van der Waals surface area contributed by atoms with Crippen molar-refractivity contribution in [3.8, 4) is 11.1 Å². The van der Waals surface area contributed by atoms with Crippen molar-refractivity contribution in [2.24, 2.45) is 7.05 Å². The summed E-state index contributed by atoms with van der Waals surface area (Å²) < 4.78 is 73.5. The predicted molar refractivity (Wildman–Crippen MR) is 160 cm³/mol. The van der Waals surface area contributed by atoms with Gasteiger partial charge in [0.2, 0.25) is 5.95 Å². The van der Waals surface area contributed by atoms with Crippen molar-refractivity contribution >= 4 is 45.3 Å². The molecule has 10 nitrogen and oxygen atoms in total. The van der Waals surface area contributed by atoms with Crippen LogP contribution in [0.25, 0.3) is 22.2 Å². The van der Waals surface area contributed by atoms with Crippen LogP contribution in [0.2, 0.25) is 0 Å². The van der Waals surface area contributed by atoms with Gasteiger partial charge in [-0.15, -0.1) is 12.4 Å². The van der Waals surface area contributed by atoms with Crippen molar-refractivity contribution in [2.75, 3.05) is 29.7 Å². The number of halogens is 4. The number of aryl methyl sites for hydroxylation is 1. The molecule has 2 aliphatic rings. The van der Waals surface area contributed by atoms with Crippen LogP contribution < -0.4 is 20.9 Å². The lowest BCUT2D eigenvalue weighted by Crippen LogP contribution is -2.34. The van der Waals surface area contributed by atoms with Gasteiger partial charge in [0.05, 0.1) is 16.8 Å². The maximum absolute atomic E-state index is 15.6. The summed E-state index contributed by atoms with van der Waals surface area (Å²) in [5.74, 6) is -2.04. The maximum atomic E-state index is 15.6. The SMILES string of the molecule is Cl.Cn1c(=O)c(-c2c(F)ccc(NS(=O)(=O)N3CC[C@@H](F)C3)c2F)cc2cnc(NCCc3ccc4c(c3)CNC4)nc21. The van der Waals surface area contributed by atoms with E-state index >= 15 is 4.39 Å². The highest BCUT2D eigenvalue weighted by molar-refractivity contribution is 7.90. The summed E-state index contributed by atoms with van der Waals surface area (Å²) in [6.45, 7) is 1.85. The number of hydrogen-bond acceptors (Lipinski definition) is 7. The fourth-order valence-electron chi connectivity index (χ4n) is 5.32. The molecule has 1 saturated heterocycles. The Balaban J connectivity index is 0.00000368. The Morgan fingerprint density at radius 3 is 2.67 bits per heavy atom. The van der Waals surface area contributed by atoms with E-state index < -0.39 is 44.8 Å². The normalized spacial score (nSPS) is 16.7. The summed E-state index contributed by atoms with van der Waals surface area (Å²) in [6, 6.07) is 9.43. The number of rotatable bonds is 8. The van der Waals surface area contributed by atoms with E-state index in [9.17, 15) is 22.0 Å². The molecule has 0 unspecified atom stereocenters. The average molecular weight is 636 g/mol. The number of aromatic nitrogens is 3. The summed E-state index contributed by atoms with van der Waals surface area (Å²) in [6.07, 6.45) is 0.877. The Morgan fingerprint density at radius 1 is 1.12 bits per heavy atom. The van der Waals surface area contributed by atoms with Crippen molar-refractivity contribution < 1.29 is 21.6 Å². The van der Waals surface area contributed by atoms with Crippen molar-refractivity contribution in [3.63, 3.8) is 0 Å². The lowest BCUT2D eigenvalue weighted by molar-refractivity contribution is 0.343. The topological polar surface area (TPSA) is 121 Å². The van der Waals surface area contributed by atoms with Crippen LogP contribution in [0.5, 0.6) is 0 Å². The Kier molecular flexibility index (Phi) is 8.65. The Labute approximate surface area is 251 Å². The third kappa shape index (κ3) is 6.05. The second-order valence-electron chi connectivity index (χ2n) is 10.4. The zero-order chi connectivity index (χ0) is 29.6. The van der Waals surface area contributed by atoms with E-state index in [1.54, 1.807) is 0 Å². The molecule has 0 aliphatic carbocycles. The van der Waals surface area contributed by atoms with Crippen LogP contribution in [-0.2, 0) is 36.8 Å². The van der Waals surface area contributed by atoms with Gasteiger partial charge in [-0.3, -0.25) is 14.1 Å². The minimum absolute atomic E-state index is 0. The van der Waals surface area contributed by atoms with Crippen LogP contribution >= 0.6 is 12.4 Å². The predicted octanol–water partition coefficient (Wildman–Crippen LogP) is 3.65. The number of nitrogens with zero attached hydrogens (tertiary/aromatic N) is 4. The van der Waals surface area contributed by atoms with E-state index in [4.69, 9.17) is 0 Å². The standard InChI is InChI=1S/C28H28F3N7O3S.ClH/c1-37-26-19(14-34-28(35-26)33-8-6-16-2-3-17-12-32-13-18(17)10-16)11-21(27(37)39)24-22(30)4-5-23(25(24)31)36-42(40,41)38-9-7-20(29)15-38;/h2-5,10-11,14,20,32,36H,6-9,12-13,15H2,1H3,(H,33,34,35);1H/t20-;/m1./s1. The lowest BCUT2D eigenvalue weighted by Gasteiger charge is -2.18. The molecular formula is C28H29ClF3N7O3S. The summed E-state index contributed by atoms with van der Waals surface area (Å²) in [5.41, 5.74) is 1.67. The van der Waals surface area contributed by atoms with Gasteiger partial charge in [-0.2, -0.15) is 17.7 Å². The largest absolute Gasteiger partial charge is 0.354 e. The molecule has 6 rings (SSSR count). The van der Waals surface area contributed by atoms with Crippen LogP contribution in [0, 0.1) is 11.6 Å². The van der Waals surface area contributed by atoms with E-state index in [0.29, 0.717) is 17.9 Å². The molecule has 4 heterocycles. The number of nitrogens with one attached hydrogen (secondary N) is 3. The minimum Gasteiger partial charge on any atom is -0.354 e. The zero-order valence-corrected chi connectivity index (χ0v) is 24.7. The highest BCUT2D eigenvalue weighted by atomic mass is 35.5. The second kappa shape index (κ2) is 12.1. The Hall–Kier alpha value is -3.72. The van der Waals surface area contributed by atoms with E-state index in [0.717, 1.165) is 40.5 Å². The molecular weight excluding hydrogens is 607 g/mol. The van der Waals surface area contributed by atoms with E-state index in [1.165, 1.54) is 36.0 Å². The first-order valence-electron chi connectivity index (χ1n) is 13.4. The van der Waals surface area contributed by atoms with Crippen molar-refractivity contribution in [1.82, 2.24) is 24.2 Å². The number of hydrogen-bond donors (Lipinski definition) is 3. The van der Waals surface area contributed by atoms with E-state index in [2.05, 4.69) is 43.5 Å². The third-order valence-corrected chi connectivity index (χ3v) is 9.07. The molecule has 2 aromatic heterocycles. The fourth-order valence-corrected chi connectivity index (χ4v) is 6.59. The average Bonchev–Trinajstić information content (AvgIpc) is 3.62. The molecule has 15 heteroatoms. The third-order valence-electron chi connectivity index (χ3n) is 7.58. The van der Waals surface area contributed by atoms with Crippen molar-refractivity contribution in [1.29, 1.82) is 0 Å². The van der Waals surface area contributed by atoms with E-state index in [1.807, 2.05) is 0 Å². The van der Waals surface area contributed by atoms with Gasteiger partial charge in [0, 0.05) is 51.4 Å². The lowest BCUT2D eigenvalue weighted by atomic mass is 10.0. The van der Waals surface area contributed by atoms with Crippen LogP contribution in [-0.4, -0.2) is 53.1 Å². The number of alkyl halides is 1. The molecule has 2 aliphatic heterocycles. The zero-order valence-electron chi connectivity index (χ0n) is 23.0. The van der Waals surface area contributed by atoms with Gasteiger partial charge in [-0.1, -0.05) is 18.2 Å². The van der Waals surface area contributed by atoms with Crippen LogP contribution in [0.3, 0.4) is 0 Å². The Bertz CT molecular complexity index is 1870. The van der Waals surface area contributed by atoms with Gasteiger partial charge < -0.3 is 10.6 Å². The monoisotopic (exact) mass is 635 g/mol. The maximum Gasteiger partial charge on any atom is 0.301 e. The molecule has 1 atom stereocenters. The first-order chi connectivity index (χ1) is 20.1. The Morgan fingerprint density at radius 2 is 1.91 bits per heavy atom. The molecule has 43 heavy (non-hydrogen) atoms. The quantitative estimate of drug-likeness (QED) is 0.270. The minimum atomic E-state index is -4.30. The van der Waals surface area contributed by atoms with Gasteiger partial charge >= 0.3 is 10.2 Å².